The number of pyridine rings is 1. The van der Waals surface area contributed by atoms with Crippen molar-refractivity contribution in [1.29, 1.82) is 0 Å². The van der Waals surface area contributed by atoms with Crippen LogP contribution in [0.2, 0.25) is 0 Å². The predicted octanol–water partition coefficient (Wildman–Crippen LogP) is 3.17. The zero-order valence-corrected chi connectivity index (χ0v) is 11.2. The molecular formula is C14H18N2O2. The first-order valence-electron chi connectivity index (χ1n) is 6.17. The summed E-state index contributed by atoms with van der Waals surface area (Å²) in [5, 5.41) is 1.10. The minimum atomic E-state index is -0.359. The molecular weight excluding hydrogens is 228 g/mol. The van der Waals surface area contributed by atoms with Crippen LogP contribution < -0.4 is 0 Å². The third-order valence-electron chi connectivity index (χ3n) is 4.01. The Morgan fingerprint density at radius 1 is 1.11 bits per heavy atom. The van der Waals surface area contributed by atoms with Crippen LogP contribution in [0.1, 0.15) is 39.5 Å². The highest BCUT2D eigenvalue weighted by molar-refractivity contribution is 5.82. The number of nitrogens with one attached hydrogen (secondary N) is 1. The Morgan fingerprint density at radius 3 is 2.44 bits per heavy atom. The highest BCUT2D eigenvalue weighted by Crippen LogP contribution is 2.45. The Bertz CT molecular complexity index is 570. The van der Waals surface area contributed by atoms with E-state index in [4.69, 9.17) is 9.47 Å². The summed E-state index contributed by atoms with van der Waals surface area (Å²) in [5.74, 6) is 0. The zero-order chi connectivity index (χ0) is 13.0. The first kappa shape index (κ1) is 11.7. The number of nitrogens with zero attached hydrogens (tertiary/aromatic N) is 1. The van der Waals surface area contributed by atoms with Gasteiger partial charge >= 0.3 is 0 Å². The molecule has 0 saturated carbocycles. The van der Waals surface area contributed by atoms with Gasteiger partial charge in [0.05, 0.1) is 22.9 Å². The maximum absolute atomic E-state index is 6.05. The molecule has 0 radical (unpaired) electrons. The van der Waals surface area contributed by atoms with Gasteiger partial charge in [-0.25, -0.2) is 0 Å². The Kier molecular flexibility index (Phi) is 2.31. The molecule has 1 aliphatic rings. The SMILES string of the molecule is CC1(C)OC(c2cncc3[nH]ccc23)OC1(C)C. The van der Waals surface area contributed by atoms with Gasteiger partial charge in [-0.1, -0.05) is 0 Å². The van der Waals surface area contributed by atoms with E-state index in [-0.39, 0.29) is 17.5 Å². The summed E-state index contributed by atoms with van der Waals surface area (Å²) in [5.41, 5.74) is 1.33. The minimum absolute atomic E-state index is 0.323. The summed E-state index contributed by atoms with van der Waals surface area (Å²) in [6, 6.07) is 2.03. The van der Waals surface area contributed by atoms with E-state index in [1.54, 1.807) is 0 Å². The van der Waals surface area contributed by atoms with Gasteiger partial charge < -0.3 is 14.5 Å². The molecule has 1 N–H and O–H groups in total. The lowest BCUT2D eigenvalue weighted by Crippen LogP contribution is -2.41. The van der Waals surface area contributed by atoms with Crippen LogP contribution in [0.25, 0.3) is 10.9 Å². The van der Waals surface area contributed by atoms with Crippen molar-refractivity contribution in [2.45, 2.75) is 45.2 Å². The summed E-state index contributed by atoms with van der Waals surface area (Å²) in [4.78, 5) is 7.39. The molecule has 0 atom stereocenters. The highest BCUT2D eigenvalue weighted by atomic mass is 16.7. The quantitative estimate of drug-likeness (QED) is 0.840. The van der Waals surface area contributed by atoms with Gasteiger partial charge in [-0.15, -0.1) is 0 Å². The lowest BCUT2D eigenvalue weighted by molar-refractivity contribution is -0.0887. The smallest absolute Gasteiger partial charge is 0.187 e. The molecule has 0 aromatic carbocycles. The van der Waals surface area contributed by atoms with Gasteiger partial charge in [0.2, 0.25) is 0 Å². The molecule has 4 nitrogen and oxygen atoms in total. The Hall–Kier alpha value is -1.39. The lowest BCUT2D eigenvalue weighted by Gasteiger charge is -2.30. The van der Waals surface area contributed by atoms with Crippen LogP contribution in [0.5, 0.6) is 0 Å². The molecule has 2 aromatic rings. The maximum atomic E-state index is 6.05. The normalized spacial score (nSPS) is 22.7. The average Bonchev–Trinajstić information content (AvgIpc) is 2.81. The molecule has 1 fully saturated rings. The van der Waals surface area contributed by atoms with Crippen molar-refractivity contribution in [3.8, 4) is 0 Å². The monoisotopic (exact) mass is 246 g/mol. The second-order valence-corrected chi connectivity index (χ2v) is 5.76. The van der Waals surface area contributed by atoms with Crippen molar-refractivity contribution >= 4 is 10.9 Å². The predicted molar refractivity (Wildman–Crippen MR) is 69.2 cm³/mol. The Balaban J connectivity index is 2.05. The van der Waals surface area contributed by atoms with E-state index in [0.717, 1.165) is 16.5 Å². The topological polar surface area (TPSA) is 47.1 Å². The molecule has 18 heavy (non-hydrogen) atoms. The van der Waals surface area contributed by atoms with Gasteiger partial charge in [-0.3, -0.25) is 4.98 Å². The van der Waals surface area contributed by atoms with Crippen molar-refractivity contribution in [3.05, 3.63) is 30.2 Å². The fourth-order valence-corrected chi connectivity index (χ4v) is 2.16. The summed E-state index contributed by atoms with van der Waals surface area (Å²) in [6.07, 6.45) is 5.17. The van der Waals surface area contributed by atoms with Crippen molar-refractivity contribution < 1.29 is 9.47 Å². The molecule has 0 aliphatic carbocycles. The molecule has 0 bridgehead atoms. The fourth-order valence-electron chi connectivity index (χ4n) is 2.16. The fraction of sp³-hybridized carbons (Fsp3) is 0.500. The summed E-state index contributed by atoms with van der Waals surface area (Å²) in [7, 11) is 0. The molecule has 3 heterocycles. The van der Waals surface area contributed by atoms with E-state index in [0.29, 0.717) is 0 Å². The summed E-state index contributed by atoms with van der Waals surface area (Å²) >= 11 is 0. The average molecular weight is 246 g/mol. The Labute approximate surface area is 106 Å². The minimum Gasteiger partial charge on any atom is -0.360 e. The first-order chi connectivity index (χ1) is 8.41. The maximum Gasteiger partial charge on any atom is 0.187 e. The molecule has 4 heteroatoms. The van der Waals surface area contributed by atoms with Gasteiger partial charge in [0, 0.05) is 23.3 Å². The highest BCUT2D eigenvalue weighted by Gasteiger charge is 2.49. The number of hydrogen-bond acceptors (Lipinski definition) is 3. The molecule has 0 unspecified atom stereocenters. The molecule has 2 aromatic heterocycles. The van der Waals surface area contributed by atoms with Gasteiger partial charge in [0.1, 0.15) is 0 Å². The number of aromatic nitrogens is 2. The van der Waals surface area contributed by atoms with Gasteiger partial charge in [-0.2, -0.15) is 0 Å². The van der Waals surface area contributed by atoms with E-state index in [9.17, 15) is 0 Å². The molecule has 1 aliphatic heterocycles. The number of ether oxygens (including phenoxy) is 2. The van der Waals surface area contributed by atoms with Crippen LogP contribution in [-0.4, -0.2) is 21.2 Å². The van der Waals surface area contributed by atoms with Crippen LogP contribution in [-0.2, 0) is 9.47 Å². The van der Waals surface area contributed by atoms with Crippen LogP contribution in [0.3, 0.4) is 0 Å². The second-order valence-electron chi connectivity index (χ2n) is 5.76. The number of H-pyrrole nitrogens is 1. The third kappa shape index (κ3) is 1.56. The van der Waals surface area contributed by atoms with Gasteiger partial charge in [0.25, 0.3) is 0 Å². The standard InChI is InChI=1S/C14H18N2O2/c1-13(2)14(3,4)18-12(17-13)10-7-15-8-11-9(10)5-6-16-11/h5-8,12,16H,1-4H3. The van der Waals surface area contributed by atoms with E-state index >= 15 is 0 Å². The van der Waals surface area contributed by atoms with Crippen molar-refractivity contribution in [1.82, 2.24) is 9.97 Å². The van der Waals surface area contributed by atoms with Crippen LogP contribution >= 0.6 is 0 Å². The van der Waals surface area contributed by atoms with E-state index in [1.165, 1.54) is 0 Å². The van der Waals surface area contributed by atoms with E-state index in [1.807, 2.05) is 24.7 Å². The molecule has 1 saturated heterocycles. The second kappa shape index (κ2) is 3.56. The number of hydrogen-bond donors (Lipinski definition) is 1. The van der Waals surface area contributed by atoms with Gasteiger partial charge in [-0.05, 0) is 33.8 Å². The first-order valence-corrected chi connectivity index (χ1v) is 6.17. The van der Waals surface area contributed by atoms with Crippen molar-refractivity contribution in [2.75, 3.05) is 0 Å². The van der Waals surface area contributed by atoms with E-state index < -0.39 is 0 Å². The van der Waals surface area contributed by atoms with Crippen LogP contribution in [0, 0.1) is 0 Å². The number of aromatic amines is 1. The number of fused-ring (bicyclic) bond motifs is 1. The molecule has 0 spiro atoms. The zero-order valence-electron chi connectivity index (χ0n) is 11.2. The van der Waals surface area contributed by atoms with E-state index in [2.05, 4.69) is 37.7 Å². The largest absolute Gasteiger partial charge is 0.360 e. The van der Waals surface area contributed by atoms with Gasteiger partial charge in [0.15, 0.2) is 6.29 Å². The van der Waals surface area contributed by atoms with Crippen LogP contribution in [0.4, 0.5) is 0 Å². The summed E-state index contributed by atoms with van der Waals surface area (Å²) < 4.78 is 12.1. The Morgan fingerprint density at radius 2 is 1.78 bits per heavy atom. The number of rotatable bonds is 1. The van der Waals surface area contributed by atoms with Crippen molar-refractivity contribution in [3.63, 3.8) is 0 Å². The van der Waals surface area contributed by atoms with Crippen LogP contribution in [0.15, 0.2) is 24.7 Å². The molecule has 96 valence electrons. The lowest BCUT2D eigenvalue weighted by atomic mass is 9.90. The molecule has 3 rings (SSSR count). The third-order valence-corrected chi connectivity index (χ3v) is 4.01. The summed E-state index contributed by atoms with van der Waals surface area (Å²) in [6.45, 7) is 8.21. The molecule has 0 amide bonds. The van der Waals surface area contributed by atoms with Crippen molar-refractivity contribution in [2.24, 2.45) is 0 Å².